The highest BCUT2D eigenvalue weighted by molar-refractivity contribution is 5.35. The molecule has 0 spiro atoms. The molecule has 2 atom stereocenters. The fourth-order valence-corrected chi connectivity index (χ4v) is 2.34. The van der Waals surface area contributed by atoms with Crippen molar-refractivity contribution in [2.24, 2.45) is 5.92 Å². The fraction of sp³-hybridized carbons (Fsp3) is 0.769. The van der Waals surface area contributed by atoms with E-state index in [-0.39, 0.29) is 12.0 Å². The largest absolute Gasteiger partial charge is 0.464 e. The summed E-state index contributed by atoms with van der Waals surface area (Å²) in [5.41, 5.74) is 0. The smallest absolute Gasteiger partial charge is 0.323 e. The molecule has 0 aliphatic heterocycles. The van der Waals surface area contributed by atoms with E-state index in [1.165, 1.54) is 0 Å². The normalized spacial score (nSPS) is 21.8. The van der Waals surface area contributed by atoms with Gasteiger partial charge in [0.1, 0.15) is 0 Å². The number of nitrogens with zero attached hydrogens (tertiary/aromatic N) is 3. The second-order valence-electron chi connectivity index (χ2n) is 4.87. The molecule has 0 bridgehead atoms. The number of ether oxygens (including phenoxy) is 1. The number of aliphatic hydroxyl groups is 1. The lowest BCUT2D eigenvalue weighted by Crippen LogP contribution is -2.23. The van der Waals surface area contributed by atoms with E-state index < -0.39 is 0 Å². The van der Waals surface area contributed by atoms with E-state index in [4.69, 9.17) is 4.74 Å². The van der Waals surface area contributed by atoms with Gasteiger partial charge < -0.3 is 20.5 Å². The van der Waals surface area contributed by atoms with Crippen LogP contribution in [0.15, 0.2) is 0 Å². The van der Waals surface area contributed by atoms with Crippen molar-refractivity contribution in [1.29, 1.82) is 0 Å². The standard InChI is InChI=1S/C13H23N5O2/c1-3-14-11-16-12(18-13(17-11)20-4-2)15-8-9-6-5-7-10(9)19/h9-10,19H,3-8H2,1-2H3,(H2,14,15,16,17,18). The van der Waals surface area contributed by atoms with E-state index in [0.29, 0.717) is 31.1 Å². The quantitative estimate of drug-likeness (QED) is 0.693. The summed E-state index contributed by atoms with van der Waals surface area (Å²) in [6, 6.07) is 0.313. The van der Waals surface area contributed by atoms with Gasteiger partial charge in [-0.2, -0.15) is 15.0 Å². The van der Waals surface area contributed by atoms with E-state index in [2.05, 4.69) is 25.6 Å². The summed E-state index contributed by atoms with van der Waals surface area (Å²) in [6.45, 7) is 5.78. The Morgan fingerprint density at radius 3 is 2.50 bits per heavy atom. The third kappa shape index (κ3) is 3.93. The Morgan fingerprint density at radius 1 is 1.15 bits per heavy atom. The molecule has 1 heterocycles. The van der Waals surface area contributed by atoms with Crippen LogP contribution in [0.4, 0.5) is 11.9 Å². The second-order valence-corrected chi connectivity index (χ2v) is 4.87. The van der Waals surface area contributed by atoms with Crippen LogP contribution < -0.4 is 15.4 Å². The summed E-state index contributed by atoms with van der Waals surface area (Å²) in [4.78, 5) is 12.7. The number of hydrogen-bond donors (Lipinski definition) is 3. The first kappa shape index (κ1) is 14.8. The molecular formula is C13H23N5O2. The highest BCUT2D eigenvalue weighted by Crippen LogP contribution is 2.25. The summed E-state index contributed by atoms with van der Waals surface area (Å²) in [5, 5.41) is 16.0. The van der Waals surface area contributed by atoms with Crippen LogP contribution in [-0.2, 0) is 0 Å². The van der Waals surface area contributed by atoms with Gasteiger partial charge in [0, 0.05) is 19.0 Å². The summed E-state index contributed by atoms with van der Waals surface area (Å²) < 4.78 is 5.33. The number of rotatable bonds is 7. The maximum absolute atomic E-state index is 9.81. The number of hydrogen-bond acceptors (Lipinski definition) is 7. The monoisotopic (exact) mass is 281 g/mol. The van der Waals surface area contributed by atoms with Crippen molar-refractivity contribution in [2.75, 3.05) is 30.3 Å². The van der Waals surface area contributed by atoms with E-state index >= 15 is 0 Å². The van der Waals surface area contributed by atoms with Crippen molar-refractivity contribution >= 4 is 11.9 Å². The van der Waals surface area contributed by atoms with Gasteiger partial charge in [-0.3, -0.25) is 0 Å². The molecule has 1 fully saturated rings. The average molecular weight is 281 g/mol. The molecule has 0 amide bonds. The Hall–Kier alpha value is -1.63. The van der Waals surface area contributed by atoms with Crippen LogP contribution in [0.3, 0.4) is 0 Å². The van der Waals surface area contributed by atoms with Crippen LogP contribution in [0.25, 0.3) is 0 Å². The van der Waals surface area contributed by atoms with Crippen LogP contribution in [-0.4, -0.2) is 45.9 Å². The Kier molecular flexibility index (Phi) is 5.34. The van der Waals surface area contributed by atoms with Gasteiger partial charge in [-0.25, -0.2) is 0 Å². The zero-order valence-electron chi connectivity index (χ0n) is 12.1. The summed E-state index contributed by atoms with van der Waals surface area (Å²) >= 11 is 0. The van der Waals surface area contributed by atoms with Gasteiger partial charge in [-0.1, -0.05) is 6.42 Å². The van der Waals surface area contributed by atoms with Crippen LogP contribution >= 0.6 is 0 Å². The molecule has 0 aromatic carbocycles. The Balaban J connectivity index is 2.01. The lowest BCUT2D eigenvalue weighted by molar-refractivity contribution is 0.138. The molecule has 2 unspecified atom stereocenters. The van der Waals surface area contributed by atoms with E-state index in [1.807, 2.05) is 13.8 Å². The summed E-state index contributed by atoms with van der Waals surface area (Å²) in [5.74, 6) is 1.25. The molecule has 1 saturated carbocycles. The number of aliphatic hydroxyl groups excluding tert-OH is 1. The number of aromatic nitrogens is 3. The van der Waals surface area contributed by atoms with Gasteiger partial charge in [0.15, 0.2) is 0 Å². The summed E-state index contributed by atoms with van der Waals surface area (Å²) in [6.07, 6.45) is 2.79. The first-order valence-corrected chi connectivity index (χ1v) is 7.27. The average Bonchev–Trinajstić information content (AvgIpc) is 2.83. The topological polar surface area (TPSA) is 92.2 Å². The van der Waals surface area contributed by atoms with E-state index in [9.17, 15) is 5.11 Å². The predicted octanol–water partition coefficient (Wildman–Crippen LogP) is 1.27. The highest BCUT2D eigenvalue weighted by Gasteiger charge is 2.25. The third-order valence-electron chi connectivity index (χ3n) is 3.36. The van der Waals surface area contributed by atoms with Crippen molar-refractivity contribution in [2.45, 2.75) is 39.2 Å². The van der Waals surface area contributed by atoms with E-state index in [0.717, 1.165) is 25.8 Å². The van der Waals surface area contributed by atoms with E-state index in [1.54, 1.807) is 0 Å². The fourth-order valence-electron chi connectivity index (χ4n) is 2.34. The predicted molar refractivity (Wildman–Crippen MR) is 77.0 cm³/mol. The van der Waals surface area contributed by atoms with Gasteiger partial charge in [-0.15, -0.1) is 0 Å². The lowest BCUT2D eigenvalue weighted by atomic mass is 10.1. The molecule has 1 aromatic heterocycles. The van der Waals surface area contributed by atoms with Crippen molar-refractivity contribution in [3.63, 3.8) is 0 Å². The molecule has 0 saturated heterocycles. The Morgan fingerprint density at radius 2 is 1.90 bits per heavy atom. The number of anilines is 2. The van der Waals surface area contributed by atoms with Crippen LogP contribution in [0.2, 0.25) is 0 Å². The van der Waals surface area contributed by atoms with Crippen molar-refractivity contribution in [1.82, 2.24) is 15.0 Å². The first-order chi connectivity index (χ1) is 9.72. The minimum absolute atomic E-state index is 0.219. The first-order valence-electron chi connectivity index (χ1n) is 7.27. The maximum Gasteiger partial charge on any atom is 0.323 e. The minimum Gasteiger partial charge on any atom is -0.464 e. The molecule has 1 aromatic rings. The Labute approximate surface area is 119 Å². The SMILES string of the molecule is CCNc1nc(NCC2CCCC2O)nc(OCC)n1. The molecule has 112 valence electrons. The molecule has 7 heteroatoms. The summed E-state index contributed by atoms with van der Waals surface area (Å²) in [7, 11) is 0. The van der Waals surface area contributed by atoms with Gasteiger partial charge in [0.2, 0.25) is 11.9 Å². The Bertz CT molecular complexity index is 405. The van der Waals surface area contributed by atoms with Gasteiger partial charge >= 0.3 is 6.01 Å². The lowest BCUT2D eigenvalue weighted by Gasteiger charge is -2.15. The van der Waals surface area contributed by atoms with Crippen molar-refractivity contribution in [3.8, 4) is 6.01 Å². The van der Waals surface area contributed by atoms with Gasteiger partial charge in [-0.05, 0) is 26.7 Å². The molecular weight excluding hydrogens is 258 g/mol. The van der Waals surface area contributed by atoms with Gasteiger partial charge in [0.05, 0.1) is 12.7 Å². The molecule has 1 aliphatic rings. The molecule has 1 aliphatic carbocycles. The van der Waals surface area contributed by atoms with Crippen LogP contribution in [0, 0.1) is 5.92 Å². The van der Waals surface area contributed by atoms with Crippen LogP contribution in [0.5, 0.6) is 6.01 Å². The second kappa shape index (κ2) is 7.23. The molecule has 20 heavy (non-hydrogen) atoms. The zero-order valence-corrected chi connectivity index (χ0v) is 12.1. The zero-order chi connectivity index (χ0) is 14.4. The molecule has 7 nitrogen and oxygen atoms in total. The third-order valence-corrected chi connectivity index (χ3v) is 3.36. The van der Waals surface area contributed by atoms with Gasteiger partial charge in [0.25, 0.3) is 0 Å². The molecule has 3 N–H and O–H groups in total. The van der Waals surface area contributed by atoms with Crippen molar-refractivity contribution in [3.05, 3.63) is 0 Å². The molecule has 0 radical (unpaired) electrons. The maximum atomic E-state index is 9.81. The van der Waals surface area contributed by atoms with Crippen LogP contribution in [0.1, 0.15) is 33.1 Å². The molecule has 2 rings (SSSR count). The number of nitrogens with one attached hydrogen (secondary N) is 2. The highest BCUT2D eigenvalue weighted by atomic mass is 16.5. The van der Waals surface area contributed by atoms with Crippen molar-refractivity contribution < 1.29 is 9.84 Å². The minimum atomic E-state index is -0.219.